The Bertz CT molecular complexity index is 325. The molecular formula is C10H15NO2S. The normalized spacial score (nSPS) is 11.6. The van der Waals surface area contributed by atoms with Crippen molar-refractivity contribution in [3.63, 3.8) is 0 Å². The highest BCUT2D eigenvalue weighted by atomic mass is 32.1. The van der Waals surface area contributed by atoms with Gasteiger partial charge >= 0.3 is 5.97 Å². The number of carboxylic acids is 1. The molecule has 4 heteroatoms. The largest absolute Gasteiger partial charge is 0.477 e. The Labute approximate surface area is 87.8 Å². The summed E-state index contributed by atoms with van der Waals surface area (Å²) in [5.41, 5.74) is 2.54. The van der Waals surface area contributed by atoms with E-state index in [0.29, 0.717) is 4.88 Å². The third kappa shape index (κ3) is 3.10. The lowest BCUT2D eigenvalue weighted by Crippen LogP contribution is -2.08. The molecule has 0 aromatic carbocycles. The van der Waals surface area contributed by atoms with E-state index >= 15 is 0 Å². The predicted molar refractivity (Wildman–Crippen MR) is 56.8 cm³/mol. The maximum absolute atomic E-state index is 10.8. The molecule has 0 fully saturated rings. The number of hydrogen-bond acceptors (Lipinski definition) is 3. The first-order valence-electron chi connectivity index (χ1n) is 4.56. The number of carboxylic acid groups (broad SMARTS) is 1. The molecule has 14 heavy (non-hydrogen) atoms. The van der Waals surface area contributed by atoms with Crippen LogP contribution in [-0.4, -0.2) is 16.1 Å². The Morgan fingerprint density at radius 2 is 2.21 bits per heavy atom. The van der Waals surface area contributed by atoms with Gasteiger partial charge in [0.2, 0.25) is 0 Å². The van der Waals surface area contributed by atoms with Crippen molar-refractivity contribution in [1.29, 1.82) is 0 Å². The zero-order valence-electron chi connectivity index (χ0n) is 8.70. The molecule has 0 saturated heterocycles. The molecule has 1 aromatic heterocycles. The molecule has 0 aliphatic heterocycles. The molecule has 0 aliphatic rings. The Balaban J connectivity index is 2.68. The van der Waals surface area contributed by atoms with E-state index in [1.54, 1.807) is 5.51 Å². The van der Waals surface area contributed by atoms with Crippen LogP contribution in [0, 0.1) is 5.41 Å². The first kappa shape index (κ1) is 11.2. The first-order valence-corrected chi connectivity index (χ1v) is 5.44. The lowest BCUT2D eigenvalue weighted by molar-refractivity contribution is 0.0700. The van der Waals surface area contributed by atoms with Crippen LogP contribution in [0.4, 0.5) is 0 Å². The van der Waals surface area contributed by atoms with Crippen LogP contribution in [0.15, 0.2) is 5.51 Å². The van der Waals surface area contributed by atoms with Crippen LogP contribution in [0.3, 0.4) is 0 Å². The highest BCUT2D eigenvalue weighted by molar-refractivity contribution is 7.11. The second-order valence-corrected chi connectivity index (χ2v) is 5.35. The van der Waals surface area contributed by atoms with Gasteiger partial charge in [-0.2, -0.15) is 0 Å². The van der Waals surface area contributed by atoms with Crippen molar-refractivity contribution in [2.24, 2.45) is 5.41 Å². The second kappa shape index (κ2) is 4.09. The summed E-state index contributed by atoms with van der Waals surface area (Å²) in [6, 6.07) is 0. The maximum Gasteiger partial charge on any atom is 0.347 e. The average Bonchev–Trinajstić information content (AvgIpc) is 2.46. The number of aromatic carboxylic acids is 1. The number of aryl methyl sites for hydroxylation is 1. The van der Waals surface area contributed by atoms with Gasteiger partial charge in [-0.1, -0.05) is 20.8 Å². The second-order valence-electron chi connectivity index (χ2n) is 4.49. The van der Waals surface area contributed by atoms with Gasteiger partial charge in [-0.3, -0.25) is 0 Å². The van der Waals surface area contributed by atoms with Gasteiger partial charge in [0.05, 0.1) is 11.2 Å². The van der Waals surface area contributed by atoms with Gasteiger partial charge in [0.1, 0.15) is 4.88 Å². The van der Waals surface area contributed by atoms with Crippen molar-refractivity contribution in [3.05, 3.63) is 16.1 Å². The van der Waals surface area contributed by atoms with Crippen LogP contribution < -0.4 is 0 Å². The van der Waals surface area contributed by atoms with Crippen molar-refractivity contribution < 1.29 is 9.90 Å². The third-order valence-corrected chi connectivity index (χ3v) is 2.80. The van der Waals surface area contributed by atoms with E-state index in [1.807, 2.05) is 0 Å². The Kier molecular flexibility index (Phi) is 3.26. The predicted octanol–water partition coefficient (Wildman–Crippen LogP) is 2.82. The summed E-state index contributed by atoms with van der Waals surface area (Å²) in [5, 5.41) is 8.85. The lowest BCUT2D eigenvalue weighted by Gasteiger charge is -2.16. The summed E-state index contributed by atoms with van der Waals surface area (Å²) in [5.74, 6) is -0.864. The van der Waals surface area contributed by atoms with Crippen LogP contribution in [-0.2, 0) is 6.42 Å². The molecule has 0 unspecified atom stereocenters. The monoisotopic (exact) mass is 213 g/mol. The fourth-order valence-corrected chi connectivity index (χ4v) is 1.79. The molecule has 0 spiro atoms. The van der Waals surface area contributed by atoms with Crippen molar-refractivity contribution in [2.75, 3.05) is 0 Å². The number of carbonyl (C=O) groups is 1. The van der Waals surface area contributed by atoms with Gasteiger partial charge in [0, 0.05) is 0 Å². The van der Waals surface area contributed by atoms with E-state index in [9.17, 15) is 4.79 Å². The minimum absolute atomic E-state index is 0.222. The molecule has 0 amide bonds. The zero-order valence-corrected chi connectivity index (χ0v) is 9.52. The lowest BCUT2D eigenvalue weighted by atomic mass is 9.90. The standard InChI is InChI=1S/C10H15NO2S/c1-10(2,3)5-4-7-8(9(12)13)14-6-11-7/h6H,4-5H2,1-3H3,(H,12,13). The number of hydrogen-bond donors (Lipinski definition) is 1. The SMILES string of the molecule is CC(C)(C)CCc1ncsc1C(=O)O. The highest BCUT2D eigenvalue weighted by Gasteiger charge is 2.16. The van der Waals surface area contributed by atoms with Crippen LogP contribution in [0.1, 0.15) is 42.6 Å². The quantitative estimate of drug-likeness (QED) is 0.840. The summed E-state index contributed by atoms with van der Waals surface area (Å²) in [6.45, 7) is 6.42. The van der Waals surface area contributed by atoms with Gasteiger partial charge in [0.15, 0.2) is 0 Å². The highest BCUT2D eigenvalue weighted by Crippen LogP contribution is 2.23. The van der Waals surface area contributed by atoms with Gasteiger partial charge in [-0.05, 0) is 18.3 Å². The molecule has 1 heterocycles. The van der Waals surface area contributed by atoms with E-state index in [0.717, 1.165) is 18.5 Å². The summed E-state index contributed by atoms with van der Waals surface area (Å²) < 4.78 is 0. The van der Waals surface area contributed by atoms with Gasteiger partial charge in [-0.25, -0.2) is 9.78 Å². The minimum atomic E-state index is -0.864. The first-order chi connectivity index (χ1) is 6.40. The topological polar surface area (TPSA) is 50.2 Å². The number of thiazole rings is 1. The Morgan fingerprint density at radius 3 is 2.71 bits per heavy atom. The molecular weight excluding hydrogens is 198 g/mol. The molecule has 0 saturated carbocycles. The van der Waals surface area contributed by atoms with Gasteiger partial charge in [0.25, 0.3) is 0 Å². The molecule has 0 bridgehead atoms. The van der Waals surface area contributed by atoms with Crippen LogP contribution in [0.5, 0.6) is 0 Å². The van der Waals surface area contributed by atoms with Crippen molar-refractivity contribution in [1.82, 2.24) is 4.98 Å². The fourth-order valence-electron chi connectivity index (χ4n) is 1.11. The minimum Gasteiger partial charge on any atom is -0.477 e. The zero-order chi connectivity index (χ0) is 10.8. The average molecular weight is 213 g/mol. The molecule has 1 N–H and O–H groups in total. The van der Waals surface area contributed by atoms with Gasteiger partial charge in [-0.15, -0.1) is 11.3 Å². The molecule has 1 aromatic rings. The van der Waals surface area contributed by atoms with E-state index in [1.165, 1.54) is 11.3 Å². The maximum atomic E-state index is 10.8. The number of aromatic nitrogens is 1. The summed E-state index contributed by atoms with van der Waals surface area (Å²) in [6.07, 6.45) is 1.70. The number of rotatable bonds is 3. The van der Waals surface area contributed by atoms with Gasteiger partial charge < -0.3 is 5.11 Å². The van der Waals surface area contributed by atoms with Crippen molar-refractivity contribution in [3.8, 4) is 0 Å². The summed E-state index contributed by atoms with van der Waals surface area (Å²) >= 11 is 1.20. The van der Waals surface area contributed by atoms with Crippen LogP contribution in [0.25, 0.3) is 0 Å². The fraction of sp³-hybridized carbons (Fsp3) is 0.600. The van der Waals surface area contributed by atoms with Crippen molar-refractivity contribution in [2.45, 2.75) is 33.6 Å². The van der Waals surface area contributed by atoms with E-state index < -0.39 is 5.97 Å². The molecule has 78 valence electrons. The van der Waals surface area contributed by atoms with E-state index in [2.05, 4.69) is 25.8 Å². The van der Waals surface area contributed by atoms with Crippen molar-refractivity contribution >= 4 is 17.3 Å². The van der Waals surface area contributed by atoms with E-state index in [-0.39, 0.29) is 5.41 Å². The summed E-state index contributed by atoms with van der Waals surface area (Å²) in [4.78, 5) is 15.2. The van der Waals surface area contributed by atoms with Crippen LogP contribution >= 0.6 is 11.3 Å². The summed E-state index contributed by atoms with van der Waals surface area (Å²) in [7, 11) is 0. The molecule has 1 rings (SSSR count). The van der Waals surface area contributed by atoms with Crippen LogP contribution in [0.2, 0.25) is 0 Å². The Morgan fingerprint density at radius 1 is 1.57 bits per heavy atom. The Hall–Kier alpha value is -0.900. The number of nitrogens with zero attached hydrogens (tertiary/aromatic N) is 1. The van der Waals surface area contributed by atoms with E-state index in [4.69, 9.17) is 5.11 Å². The molecule has 3 nitrogen and oxygen atoms in total. The molecule has 0 radical (unpaired) electrons. The third-order valence-electron chi connectivity index (χ3n) is 1.95. The molecule has 0 atom stereocenters. The smallest absolute Gasteiger partial charge is 0.347 e. The molecule has 0 aliphatic carbocycles.